The van der Waals surface area contributed by atoms with E-state index in [0.29, 0.717) is 12.5 Å². The molecular formula is C15H24N4O. The number of hydrogen-bond acceptors (Lipinski definition) is 4. The van der Waals surface area contributed by atoms with E-state index >= 15 is 0 Å². The minimum atomic E-state index is -0.0530. The molecule has 1 fully saturated rings. The zero-order valence-corrected chi connectivity index (χ0v) is 12.5. The highest BCUT2D eigenvalue weighted by Crippen LogP contribution is 2.17. The van der Waals surface area contributed by atoms with Crippen LogP contribution in [0.25, 0.3) is 0 Å². The summed E-state index contributed by atoms with van der Waals surface area (Å²) >= 11 is 0. The molecular weight excluding hydrogens is 252 g/mol. The number of amides is 1. The number of nitrogens with one attached hydrogen (secondary N) is 2. The SMILES string of the molecule is CCC(=O)N[C@H](C)c1cccc(N2CCN[C@@H](C)C2)n1. The van der Waals surface area contributed by atoms with Crippen molar-refractivity contribution in [3.8, 4) is 0 Å². The van der Waals surface area contributed by atoms with Gasteiger partial charge in [0.2, 0.25) is 5.91 Å². The molecule has 1 aliphatic heterocycles. The number of carbonyl (C=O) groups is 1. The molecule has 2 N–H and O–H groups in total. The summed E-state index contributed by atoms with van der Waals surface area (Å²) in [7, 11) is 0. The number of nitrogens with zero attached hydrogens (tertiary/aromatic N) is 2. The van der Waals surface area contributed by atoms with Gasteiger partial charge in [-0.15, -0.1) is 0 Å². The summed E-state index contributed by atoms with van der Waals surface area (Å²) < 4.78 is 0. The van der Waals surface area contributed by atoms with Crippen molar-refractivity contribution in [2.24, 2.45) is 0 Å². The van der Waals surface area contributed by atoms with Gasteiger partial charge in [-0.3, -0.25) is 4.79 Å². The van der Waals surface area contributed by atoms with Crippen LogP contribution in [0.1, 0.15) is 38.9 Å². The van der Waals surface area contributed by atoms with Crippen LogP contribution in [0.2, 0.25) is 0 Å². The molecule has 2 rings (SSSR count). The lowest BCUT2D eigenvalue weighted by Gasteiger charge is -2.33. The third-order valence-corrected chi connectivity index (χ3v) is 3.59. The van der Waals surface area contributed by atoms with E-state index in [1.807, 2.05) is 32.0 Å². The van der Waals surface area contributed by atoms with Gasteiger partial charge in [0.1, 0.15) is 5.82 Å². The second-order valence-corrected chi connectivity index (χ2v) is 5.36. The number of pyridine rings is 1. The Morgan fingerprint density at radius 3 is 3.10 bits per heavy atom. The first-order chi connectivity index (χ1) is 9.60. The number of aromatic nitrogens is 1. The molecule has 1 aliphatic rings. The molecule has 0 aliphatic carbocycles. The molecule has 5 heteroatoms. The van der Waals surface area contributed by atoms with Gasteiger partial charge in [-0.05, 0) is 26.0 Å². The highest BCUT2D eigenvalue weighted by molar-refractivity contribution is 5.75. The van der Waals surface area contributed by atoms with Gasteiger partial charge in [-0.25, -0.2) is 4.98 Å². The van der Waals surface area contributed by atoms with Crippen LogP contribution in [0.3, 0.4) is 0 Å². The Balaban J connectivity index is 2.09. The molecule has 110 valence electrons. The zero-order valence-electron chi connectivity index (χ0n) is 12.5. The third-order valence-electron chi connectivity index (χ3n) is 3.59. The van der Waals surface area contributed by atoms with Crippen LogP contribution in [0.4, 0.5) is 5.82 Å². The predicted molar refractivity (Wildman–Crippen MR) is 80.8 cm³/mol. The lowest BCUT2D eigenvalue weighted by molar-refractivity contribution is -0.121. The average molecular weight is 276 g/mol. The zero-order chi connectivity index (χ0) is 14.5. The summed E-state index contributed by atoms with van der Waals surface area (Å²) in [5, 5.41) is 6.38. The molecule has 1 aromatic rings. The fourth-order valence-corrected chi connectivity index (χ4v) is 2.41. The van der Waals surface area contributed by atoms with Crippen molar-refractivity contribution in [2.75, 3.05) is 24.5 Å². The van der Waals surface area contributed by atoms with Crippen LogP contribution in [0.5, 0.6) is 0 Å². The molecule has 1 aromatic heterocycles. The van der Waals surface area contributed by atoms with E-state index < -0.39 is 0 Å². The summed E-state index contributed by atoms with van der Waals surface area (Å²) in [4.78, 5) is 18.5. The fraction of sp³-hybridized carbons (Fsp3) is 0.600. The Bertz CT molecular complexity index is 463. The number of carbonyl (C=O) groups excluding carboxylic acids is 1. The highest BCUT2D eigenvalue weighted by Gasteiger charge is 2.18. The molecule has 2 heterocycles. The summed E-state index contributed by atoms with van der Waals surface area (Å²) in [6, 6.07) is 6.44. The standard InChI is InChI=1S/C15H24N4O/c1-4-15(20)17-12(3)13-6-5-7-14(18-13)19-9-8-16-11(2)10-19/h5-7,11-12,16H,4,8-10H2,1-3H3,(H,17,20)/t11-,12+/m0/s1. The average Bonchev–Trinajstić information content (AvgIpc) is 2.47. The molecule has 0 radical (unpaired) electrons. The third kappa shape index (κ3) is 3.70. The van der Waals surface area contributed by atoms with Gasteiger partial charge < -0.3 is 15.5 Å². The summed E-state index contributed by atoms with van der Waals surface area (Å²) in [6.45, 7) is 8.92. The van der Waals surface area contributed by atoms with Crippen LogP contribution >= 0.6 is 0 Å². The topological polar surface area (TPSA) is 57.3 Å². The normalized spacial score (nSPS) is 20.6. The minimum absolute atomic E-state index is 0.0530. The van der Waals surface area contributed by atoms with Gasteiger partial charge in [-0.2, -0.15) is 0 Å². The summed E-state index contributed by atoms with van der Waals surface area (Å²) in [5.74, 6) is 1.05. The Morgan fingerprint density at radius 2 is 2.40 bits per heavy atom. The molecule has 1 saturated heterocycles. The molecule has 5 nitrogen and oxygen atoms in total. The Morgan fingerprint density at radius 1 is 1.60 bits per heavy atom. The molecule has 0 saturated carbocycles. The highest BCUT2D eigenvalue weighted by atomic mass is 16.1. The number of anilines is 1. The van der Waals surface area contributed by atoms with E-state index in [0.717, 1.165) is 31.1 Å². The van der Waals surface area contributed by atoms with E-state index in [4.69, 9.17) is 4.98 Å². The van der Waals surface area contributed by atoms with Gasteiger partial charge in [0.25, 0.3) is 0 Å². The van der Waals surface area contributed by atoms with E-state index in [2.05, 4.69) is 22.5 Å². The first-order valence-electron chi connectivity index (χ1n) is 7.34. The smallest absolute Gasteiger partial charge is 0.220 e. The van der Waals surface area contributed by atoms with Gasteiger partial charge >= 0.3 is 0 Å². The lowest BCUT2D eigenvalue weighted by Crippen LogP contribution is -2.49. The lowest BCUT2D eigenvalue weighted by atomic mass is 10.2. The minimum Gasteiger partial charge on any atom is -0.354 e. The largest absolute Gasteiger partial charge is 0.354 e. The first kappa shape index (κ1) is 14.8. The first-order valence-corrected chi connectivity index (χ1v) is 7.34. The number of hydrogen-bond donors (Lipinski definition) is 2. The molecule has 0 unspecified atom stereocenters. The van der Waals surface area contributed by atoms with E-state index in [1.54, 1.807) is 0 Å². The maximum Gasteiger partial charge on any atom is 0.220 e. The predicted octanol–water partition coefficient (Wildman–Crippen LogP) is 1.47. The van der Waals surface area contributed by atoms with Crippen LogP contribution in [0.15, 0.2) is 18.2 Å². The van der Waals surface area contributed by atoms with E-state index in [-0.39, 0.29) is 11.9 Å². The monoisotopic (exact) mass is 276 g/mol. The van der Waals surface area contributed by atoms with Gasteiger partial charge in [0.05, 0.1) is 11.7 Å². The van der Waals surface area contributed by atoms with Gasteiger partial charge in [0, 0.05) is 32.1 Å². The van der Waals surface area contributed by atoms with Crippen molar-refractivity contribution < 1.29 is 4.79 Å². The van der Waals surface area contributed by atoms with Crippen molar-refractivity contribution in [3.05, 3.63) is 23.9 Å². The Kier molecular flexibility index (Phi) is 4.95. The van der Waals surface area contributed by atoms with E-state index in [9.17, 15) is 4.79 Å². The Hall–Kier alpha value is -1.62. The number of rotatable bonds is 4. The molecule has 0 spiro atoms. The van der Waals surface area contributed by atoms with Crippen molar-refractivity contribution >= 4 is 11.7 Å². The molecule has 1 amide bonds. The fourth-order valence-electron chi connectivity index (χ4n) is 2.41. The quantitative estimate of drug-likeness (QED) is 0.874. The maximum atomic E-state index is 11.5. The van der Waals surface area contributed by atoms with Crippen molar-refractivity contribution in [1.29, 1.82) is 0 Å². The second-order valence-electron chi connectivity index (χ2n) is 5.36. The van der Waals surface area contributed by atoms with Crippen molar-refractivity contribution in [1.82, 2.24) is 15.6 Å². The molecule has 0 bridgehead atoms. The van der Waals surface area contributed by atoms with Crippen molar-refractivity contribution in [3.63, 3.8) is 0 Å². The molecule has 20 heavy (non-hydrogen) atoms. The molecule has 0 aromatic carbocycles. The molecule has 2 atom stereocenters. The Labute approximate surface area is 120 Å². The maximum absolute atomic E-state index is 11.5. The summed E-state index contributed by atoms with van der Waals surface area (Å²) in [6.07, 6.45) is 0.499. The van der Waals surface area contributed by atoms with Crippen LogP contribution in [-0.2, 0) is 4.79 Å². The second kappa shape index (κ2) is 6.70. The van der Waals surface area contributed by atoms with Crippen LogP contribution in [0, 0.1) is 0 Å². The van der Waals surface area contributed by atoms with E-state index in [1.165, 1.54) is 0 Å². The van der Waals surface area contributed by atoms with Gasteiger partial charge in [-0.1, -0.05) is 13.0 Å². The van der Waals surface area contributed by atoms with Gasteiger partial charge in [0.15, 0.2) is 0 Å². The van der Waals surface area contributed by atoms with Crippen LogP contribution in [-0.4, -0.2) is 36.6 Å². The summed E-state index contributed by atoms with van der Waals surface area (Å²) in [5.41, 5.74) is 0.912. The van der Waals surface area contributed by atoms with Crippen molar-refractivity contribution in [2.45, 2.75) is 39.3 Å². The number of piperazine rings is 1. The van der Waals surface area contributed by atoms with Crippen LogP contribution < -0.4 is 15.5 Å².